The van der Waals surface area contributed by atoms with Gasteiger partial charge in [0, 0.05) is 50.9 Å². The molecule has 0 saturated carbocycles. The molecule has 5 heteroatoms. The van der Waals surface area contributed by atoms with Crippen molar-refractivity contribution in [2.24, 2.45) is 0 Å². The lowest BCUT2D eigenvalue weighted by Gasteiger charge is -2.08. The van der Waals surface area contributed by atoms with Crippen LogP contribution in [0.1, 0.15) is 0 Å². The number of benzene rings is 3. The number of hydrogen-bond donors (Lipinski definition) is 0. The molecule has 3 aromatic carbocycles. The predicted molar refractivity (Wildman–Crippen MR) is 123 cm³/mol. The van der Waals surface area contributed by atoms with Crippen LogP contribution in [-0.2, 0) is 0 Å². The zero-order valence-corrected chi connectivity index (χ0v) is 16.2. The summed E-state index contributed by atoms with van der Waals surface area (Å²) in [5.41, 5.74) is 6.26. The summed E-state index contributed by atoms with van der Waals surface area (Å²) in [7, 11) is 0. The Morgan fingerprint density at radius 2 is 1.45 bits per heavy atom. The monoisotopic (exact) mass is 399 g/mol. The topological polar surface area (TPSA) is 56.5 Å². The third-order valence-electron chi connectivity index (χ3n) is 6.30. The van der Waals surface area contributed by atoms with Gasteiger partial charge in [0.05, 0.1) is 5.52 Å². The van der Waals surface area contributed by atoms with E-state index in [1.807, 2.05) is 48.9 Å². The fourth-order valence-electron chi connectivity index (χ4n) is 5.01. The molecule has 0 unspecified atom stereocenters. The van der Waals surface area contributed by atoms with Crippen LogP contribution >= 0.6 is 0 Å². The van der Waals surface area contributed by atoms with E-state index in [2.05, 4.69) is 44.7 Å². The number of pyridine rings is 2. The van der Waals surface area contributed by atoms with Crippen molar-refractivity contribution in [1.82, 2.24) is 14.4 Å². The second kappa shape index (κ2) is 5.21. The maximum Gasteiger partial charge on any atom is 0.163 e. The number of para-hydroxylation sites is 1. The summed E-state index contributed by atoms with van der Waals surface area (Å²) < 4.78 is 14.6. The fraction of sp³-hybridized carbons (Fsp3) is 0. The average molecular weight is 399 g/mol. The Balaban J connectivity index is 1.67. The summed E-state index contributed by atoms with van der Waals surface area (Å²) in [6.07, 6.45) is 5.62. The normalized spacial score (nSPS) is 12.5. The lowest BCUT2D eigenvalue weighted by atomic mass is 10.0. The maximum atomic E-state index is 6.34. The first kappa shape index (κ1) is 15.5. The summed E-state index contributed by atoms with van der Waals surface area (Å²) in [4.78, 5) is 9.20. The summed E-state index contributed by atoms with van der Waals surface area (Å²) in [5, 5.41) is 6.45. The van der Waals surface area contributed by atoms with E-state index in [-0.39, 0.29) is 0 Å². The number of furan rings is 2. The molecule has 8 aromatic rings. The van der Waals surface area contributed by atoms with Crippen LogP contribution in [-0.4, -0.2) is 14.4 Å². The molecule has 0 N–H and O–H groups in total. The molecule has 5 nitrogen and oxygen atoms in total. The molecular formula is C26H13N3O2. The highest BCUT2D eigenvalue weighted by Gasteiger charge is 2.18. The van der Waals surface area contributed by atoms with Crippen LogP contribution in [0.2, 0.25) is 0 Å². The Bertz CT molecular complexity index is 2010. The van der Waals surface area contributed by atoms with Gasteiger partial charge in [-0.2, -0.15) is 0 Å². The largest absolute Gasteiger partial charge is 0.456 e. The van der Waals surface area contributed by atoms with E-state index < -0.39 is 0 Å². The molecule has 0 bridgehead atoms. The van der Waals surface area contributed by atoms with Crippen molar-refractivity contribution in [2.75, 3.05) is 0 Å². The van der Waals surface area contributed by atoms with E-state index in [0.29, 0.717) is 0 Å². The van der Waals surface area contributed by atoms with Gasteiger partial charge in [-0.3, -0.25) is 9.38 Å². The zero-order chi connectivity index (χ0) is 20.1. The van der Waals surface area contributed by atoms with Gasteiger partial charge in [-0.1, -0.05) is 24.3 Å². The molecule has 31 heavy (non-hydrogen) atoms. The average Bonchev–Trinajstić information content (AvgIpc) is 3.52. The van der Waals surface area contributed by atoms with Gasteiger partial charge < -0.3 is 8.83 Å². The third kappa shape index (κ3) is 1.82. The fourth-order valence-corrected chi connectivity index (χ4v) is 5.01. The van der Waals surface area contributed by atoms with Crippen molar-refractivity contribution in [1.29, 1.82) is 0 Å². The standard InChI is InChI=1S/C26H13N3O2/c1-2-6-19-14(4-1)16-12-22-17(13-21(16)30-19)24-20(31-22)8-7-18-23(24)15-5-3-9-27-25(15)26-28-10-11-29(18)26/h1-13H. The minimum absolute atomic E-state index is 0.851. The van der Waals surface area contributed by atoms with Gasteiger partial charge in [0.1, 0.15) is 27.8 Å². The second-order valence-corrected chi connectivity index (χ2v) is 7.90. The number of imidazole rings is 1. The van der Waals surface area contributed by atoms with Crippen LogP contribution in [0, 0.1) is 0 Å². The number of rotatable bonds is 0. The Kier molecular flexibility index (Phi) is 2.60. The molecule has 0 spiro atoms. The summed E-state index contributed by atoms with van der Waals surface area (Å²) >= 11 is 0. The predicted octanol–water partition coefficient (Wildman–Crippen LogP) is 6.83. The molecule has 0 fully saturated rings. The summed E-state index contributed by atoms with van der Waals surface area (Å²) in [6, 6.07) is 20.5. The van der Waals surface area contributed by atoms with E-state index in [1.54, 1.807) is 0 Å². The van der Waals surface area contributed by atoms with Crippen molar-refractivity contribution in [3.05, 3.63) is 79.3 Å². The number of fused-ring (bicyclic) bond motifs is 13. The molecule has 0 saturated heterocycles. The van der Waals surface area contributed by atoms with Gasteiger partial charge in [-0.05, 0) is 36.4 Å². The second-order valence-electron chi connectivity index (χ2n) is 7.90. The van der Waals surface area contributed by atoms with Gasteiger partial charge in [0.25, 0.3) is 0 Å². The number of hydrogen-bond acceptors (Lipinski definition) is 4. The molecule has 0 aliphatic carbocycles. The van der Waals surface area contributed by atoms with E-state index in [0.717, 1.165) is 71.3 Å². The van der Waals surface area contributed by atoms with Crippen molar-refractivity contribution in [3.63, 3.8) is 0 Å². The Morgan fingerprint density at radius 1 is 0.613 bits per heavy atom. The van der Waals surface area contributed by atoms with Gasteiger partial charge in [-0.25, -0.2) is 4.98 Å². The minimum atomic E-state index is 0.851. The van der Waals surface area contributed by atoms with E-state index in [9.17, 15) is 0 Å². The quantitative estimate of drug-likeness (QED) is 0.262. The molecule has 0 atom stereocenters. The van der Waals surface area contributed by atoms with Gasteiger partial charge >= 0.3 is 0 Å². The number of aromatic nitrogens is 3. The molecule has 0 amide bonds. The summed E-state index contributed by atoms with van der Waals surface area (Å²) in [6.45, 7) is 0. The van der Waals surface area contributed by atoms with Crippen LogP contribution in [0.5, 0.6) is 0 Å². The summed E-state index contributed by atoms with van der Waals surface area (Å²) in [5.74, 6) is 0. The van der Waals surface area contributed by atoms with E-state index in [4.69, 9.17) is 8.83 Å². The molecule has 144 valence electrons. The first-order valence-electron chi connectivity index (χ1n) is 10.2. The SMILES string of the molecule is c1ccc2c(c1)oc1cc3c(cc12)oc1ccc2c(c4cccnc4c4nccn24)c13. The molecular weight excluding hydrogens is 386 g/mol. The molecule has 8 rings (SSSR count). The van der Waals surface area contributed by atoms with E-state index in [1.165, 1.54) is 0 Å². The Morgan fingerprint density at radius 3 is 2.45 bits per heavy atom. The highest BCUT2D eigenvalue weighted by atomic mass is 16.3. The first-order chi connectivity index (χ1) is 15.4. The van der Waals surface area contributed by atoms with Crippen LogP contribution in [0.4, 0.5) is 0 Å². The smallest absolute Gasteiger partial charge is 0.163 e. The van der Waals surface area contributed by atoms with Crippen LogP contribution < -0.4 is 0 Å². The van der Waals surface area contributed by atoms with Crippen LogP contribution in [0.25, 0.3) is 71.3 Å². The maximum absolute atomic E-state index is 6.34. The van der Waals surface area contributed by atoms with Gasteiger partial charge in [0.15, 0.2) is 5.65 Å². The Labute approximate surface area is 174 Å². The van der Waals surface area contributed by atoms with Crippen molar-refractivity contribution in [3.8, 4) is 0 Å². The van der Waals surface area contributed by atoms with Crippen LogP contribution in [0.3, 0.4) is 0 Å². The third-order valence-corrected chi connectivity index (χ3v) is 6.30. The molecule has 0 radical (unpaired) electrons. The zero-order valence-electron chi connectivity index (χ0n) is 16.2. The van der Waals surface area contributed by atoms with Gasteiger partial charge in [-0.15, -0.1) is 0 Å². The molecule has 5 heterocycles. The highest BCUT2D eigenvalue weighted by molar-refractivity contribution is 6.28. The van der Waals surface area contributed by atoms with E-state index >= 15 is 0 Å². The van der Waals surface area contributed by atoms with Crippen LogP contribution in [0.15, 0.2) is 88.1 Å². The van der Waals surface area contributed by atoms with Crippen molar-refractivity contribution < 1.29 is 8.83 Å². The molecule has 0 aliphatic rings. The molecule has 0 aliphatic heterocycles. The lowest BCUT2D eigenvalue weighted by molar-refractivity contribution is 0.664. The minimum Gasteiger partial charge on any atom is -0.456 e. The van der Waals surface area contributed by atoms with Crippen molar-refractivity contribution >= 4 is 71.3 Å². The molecule has 5 aromatic heterocycles. The van der Waals surface area contributed by atoms with Gasteiger partial charge in [0.2, 0.25) is 0 Å². The Hall–Kier alpha value is -4.38. The highest BCUT2D eigenvalue weighted by Crippen LogP contribution is 2.41. The lowest BCUT2D eigenvalue weighted by Crippen LogP contribution is -1.92. The first-order valence-corrected chi connectivity index (χ1v) is 10.2. The number of nitrogens with zero attached hydrogens (tertiary/aromatic N) is 3. The van der Waals surface area contributed by atoms with Crippen molar-refractivity contribution in [2.45, 2.75) is 0 Å².